The van der Waals surface area contributed by atoms with E-state index < -0.39 is 21.0 Å². The summed E-state index contributed by atoms with van der Waals surface area (Å²) in [5.41, 5.74) is 1.03. The van der Waals surface area contributed by atoms with Crippen molar-refractivity contribution in [1.82, 2.24) is 0 Å². The van der Waals surface area contributed by atoms with Crippen LogP contribution in [-0.2, 0) is 10.0 Å². The Labute approximate surface area is 168 Å². The van der Waals surface area contributed by atoms with E-state index in [-0.39, 0.29) is 10.6 Å². The number of nitro groups is 1. The molecular formula is C20H17ClN2O4S. The van der Waals surface area contributed by atoms with Gasteiger partial charge in [-0.05, 0) is 42.8 Å². The van der Waals surface area contributed by atoms with Crippen LogP contribution < -0.4 is 4.31 Å². The number of rotatable bonds is 6. The van der Waals surface area contributed by atoms with E-state index in [4.69, 9.17) is 11.6 Å². The summed E-state index contributed by atoms with van der Waals surface area (Å²) < 4.78 is 28.2. The summed E-state index contributed by atoms with van der Waals surface area (Å²) in [6.07, 6.45) is 0. The normalized spacial score (nSPS) is 12.4. The van der Waals surface area contributed by atoms with Crippen LogP contribution in [0.3, 0.4) is 0 Å². The minimum absolute atomic E-state index is 0.0409. The molecule has 0 heterocycles. The molecule has 3 rings (SSSR count). The number of sulfonamides is 1. The number of hydrogen-bond donors (Lipinski definition) is 0. The summed E-state index contributed by atoms with van der Waals surface area (Å²) in [7, 11) is -4.01. The van der Waals surface area contributed by atoms with Gasteiger partial charge in [0.25, 0.3) is 15.7 Å². The molecule has 0 bridgehead atoms. The predicted molar refractivity (Wildman–Crippen MR) is 109 cm³/mol. The van der Waals surface area contributed by atoms with E-state index in [1.165, 1.54) is 28.6 Å². The Morgan fingerprint density at radius 2 is 1.61 bits per heavy atom. The lowest BCUT2D eigenvalue weighted by Gasteiger charge is -2.31. The fourth-order valence-electron chi connectivity index (χ4n) is 2.90. The molecule has 6 nitrogen and oxygen atoms in total. The maximum Gasteiger partial charge on any atom is 0.269 e. The molecule has 144 valence electrons. The van der Waals surface area contributed by atoms with Crippen molar-refractivity contribution in [2.45, 2.75) is 17.9 Å². The van der Waals surface area contributed by atoms with Gasteiger partial charge in [0.2, 0.25) is 0 Å². The standard InChI is InChI=1S/C20H17ClN2O4S/c1-15(16-6-3-2-4-7-16)22(19-9-5-8-17(21)14-19)28(26,27)20-12-10-18(11-13-20)23(24)25/h2-15H,1H3. The maximum absolute atomic E-state index is 13.5. The molecule has 0 amide bonds. The van der Waals surface area contributed by atoms with Crippen LogP contribution in [0, 0.1) is 10.1 Å². The lowest BCUT2D eigenvalue weighted by atomic mass is 10.1. The van der Waals surface area contributed by atoms with Gasteiger partial charge in [0.05, 0.1) is 21.5 Å². The number of nitro benzene ring substituents is 1. The first-order valence-corrected chi connectivity index (χ1v) is 10.2. The van der Waals surface area contributed by atoms with E-state index in [1.54, 1.807) is 31.2 Å². The minimum Gasteiger partial charge on any atom is -0.259 e. The average Bonchev–Trinajstić information content (AvgIpc) is 2.68. The number of benzene rings is 3. The van der Waals surface area contributed by atoms with Gasteiger partial charge in [0.15, 0.2) is 0 Å². The number of anilines is 1. The first-order valence-electron chi connectivity index (χ1n) is 8.40. The third kappa shape index (κ3) is 4.00. The lowest BCUT2D eigenvalue weighted by Crippen LogP contribution is -2.33. The fraction of sp³-hybridized carbons (Fsp3) is 0.100. The Hall–Kier alpha value is -2.90. The van der Waals surface area contributed by atoms with Crippen molar-refractivity contribution in [3.63, 3.8) is 0 Å². The topological polar surface area (TPSA) is 80.5 Å². The molecule has 0 aliphatic carbocycles. The zero-order valence-corrected chi connectivity index (χ0v) is 16.5. The van der Waals surface area contributed by atoms with Crippen LogP contribution in [0.2, 0.25) is 5.02 Å². The highest BCUT2D eigenvalue weighted by Gasteiger charge is 2.31. The van der Waals surface area contributed by atoms with E-state index in [0.29, 0.717) is 10.7 Å². The van der Waals surface area contributed by atoms with E-state index >= 15 is 0 Å². The first kappa shape index (κ1) is 19.9. The summed E-state index contributed by atoms with van der Waals surface area (Å²) in [6, 6.07) is 20.1. The van der Waals surface area contributed by atoms with Gasteiger partial charge >= 0.3 is 0 Å². The average molecular weight is 417 g/mol. The Bertz CT molecular complexity index is 1090. The van der Waals surface area contributed by atoms with Gasteiger partial charge in [0.1, 0.15) is 0 Å². The van der Waals surface area contributed by atoms with Crippen LogP contribution in [0.25, 0.3) is 0 Å². The van der Waals surface area contributed by atoms with Crippen molar-refractivity contribution < 1.29 is 13.3 Å². The van der Waals surface area contributed by atoms with E-state index in [9.17, 15) is 18.5 Å². The van der Waals surface area contributed by atoms with E-state index in [0.717, 1.165) is 5.56 Å². The molecule has 0 saturated heterocycles. The summed E-state index contributed by atoms with van der Waals surface area (Å²) in [5, 5.41) is 11.3. The maximum atomic E-state index is 13.5. The zero-order chi connectivity index (χ0) is 20.3. The molecule has 28 heavy (non-hydrogen) atoms. The Morgan fingerprint density at radius 3 is 2.18 bits per heavy atom. The van der Waals surface area contributed by atoms with Crippen molar-refractivity contribution >= 4 is 33.0 Å². The summed E-state index contributed by atoms with van der Waals surface area (Å²) >= 11 is 6.09. The Balaban J connectivity index is 2.13. The van der Waals surface area contributed by atoms with E-state index in [2.05, 4.69) is 0 Å². The molecule has 0 radical (unpaired) electrons. The molecule has 0 saturated carbocycles. The van der Waals surface area contributed by atoms with Crippen molar-refractivity contribution in [3.05, 3.63) is 99.6 Å². The third-order valence-corrected chi connectivity index (χ3v) is 6.45. The highest BCUT2D eigenvalue weighted by Crippen LogP contribution is 2.34. The summed E-state index contributed by atoms with van der Waals surface area (Å²) in [4.78, 5) is 10.3. The molecule has 3 aromatic carbocycles. The van der Waals surface area contributed by atoms with Crippen LogP contribution in [0.4, 0.5) is 11.4 Å². The highest BCUT2D eigenvalue weighted by molar-refractivity contribution is 7.92. The van der Waals surface area contributed by atoms with Crippen molar-refractivity contribution in [2.24, 2.45) is 0 Å². The SMILES string of the molecule is CC(c1ccccc1)N(c1cccc(Cl)c1)S(=O)(=O)c1ccc([N+](=O)[O-])cc1. The molecule has 0 aliphatic heterocycles. The van der Waals surface area contributed by atoms with Gasteiger partial charge in [-0.15, -0.1) is 0 Å². The number of non-ortho nitro benzene ring substituents is 1. The highest BCUT2D eigenvalue weighted by atomic mass is 35.5. The molecule has 0 N–H and O–H groups in total. The molecule has 0 spiro atoms. The molecule has 1 unspecified atom stereocenters. The Morgan fingerprint density at radius 1 is 0.964 bits per heavy atom. The zero-order valence-electron chi connectivity index (χ0n) is 14.9. The predicted octanol–water partition coefficient (Wildman–Crippen LogP) is 5.20. The van der Waals surface area contributed by atoms with Crippen LogP contribution >= 0.6 is 11.6 Å². The molecule has 3 aromatic rings. The number of hydrogen-bond acceptors (Lipinski definition) is 4. The van der Waals surface area contributed by atoms with Crippen LogP contribution in [0.1, 0.15) is 18.5 Å². The van der Waals surface area contributed by atoms with Crippen molar-refractivity contribution in [2.75, 3.05) is 4.31 Å². The number of halogens is 1. The number of nitrogens with zero attached hydrogens (tertiary/aromatic N) is 2. The second kappa shape index (κ2) is 8.00. The van der Waals surface area contributed by atoms with Gasteiger partial charge in [-0.25, -0.2) is 8.42 Å². The van der Waals surface area contributed by atoms with Gasteiger partial charge in [0, 0.05) is 17.2 Å². The fourth-order valence-corrected chi connectivity index (χ4v) is 4.72. The van der Waals surface area contributed by atoms with Gasteiger partial charge < -0.3 is 0 Å². The molecule has 0 fully saturated rings. The quantitative estimate of drug-likeness (QED) is 0.408. The molecule has 1 atom stereocenters. The molecular weight excluding hydrogens is 400 g/mol. The van der Waals surface area contributed by atoms with Gasteiger partial charge in [-0.2, -0.15) is 0 Å². The van der Waals surface area contributed by atoms with Crippen LogP contribution in [0.5, 0.6) is 0 Å². The van der Waals surface area contributed by atoms with Crippen molar-refractivity contribution in [1.29, 1.82) is 0 Å². The van der Waals surface area contributed by atoms with Crippen LogP contribution in [0.15, 0.2) is 83.8 Å². The van der Waals surface area contributed by atoms with Crippen molar-refractivity contribution in [3.8, 4) is 0 Å². The smallest absolute Gasteiger partial charge is 0.259 e. The lowest BCUT2D eigenvalue weighted by molar-refractivity contribution is -0.384. The van der Waals surface area contributed by atoms with E-state index in [1.807, 2.05) is 30.3 Å². The largest absolute Gasteiger partial charge is 0.269 e. The minimum atomic E-state index is -4.01. The Kier molecular flexibility index (Phi) is 5.67. The molecule has 0 aliphatic rings. The van der Waals surface area contributed by atoms with Gasteiger partial charge in [-0.3, -0.25) is 14.4 Å². The molecule has 8 heteroatoms. The summed E-state index contributed by atoms with van der Waals surface area (Å²) in [6.45, 7) is 1.78. The van der Waals surface area contributed by atoms with Gasteiger partial charge in [-0.1, -0.05) is 48.0 Å². The van der Waals surface area contributed by atoms with Crippen LogP contribution in [-0.4, -0.2) is 13.3 Å². The second-order valence-electron chi connectivity index (χ2n) is 6.12. The summed E-state index contributed by atoms with van der Waals surface area (Å²) in [5.74, 6) is 0. The second-order valence-corrected chi connectivity index (χ2v) is 8.37. The first-order chi connectivity index (χ1) is 13.3. The third-order valence-electron chi connectivity index (χ3n) is 4.30. The monoisotopic (exact) mass is 416 g/mol. The molecule has 0 aromatic heterocycles.